The standard InChI is InChI=1S/C16H28O/c1-6-12-11(2)7-8-13-15(3,4)10-9-14(17)16(12,13)5/h11-13H,6-10H2,1-5H3/t11-,12-,13-,16+/m0/s1. The fourth-order valence-corrected chi connectivity index (χ4v) is 5.09. The maximum atomic E-state index is 12.6. The third kappa shape index (κ3) is 1.77. The van der Waals surface area contributed by atoms with Crippen LogP contribution in [0.15, 0.2) is 0 Å². The Kier molecular flexibility index (Phi) is 3.16. The molecule has 0 aliphatic heterocycles. The highest BCUT2D eigenvalue weighted by Crippen LogP contribution is 2.60. The Hall–Kier alpha value is -0.330. The second-order valence-electron chi connectivity index (χ2n) is 7.32. The second-order valence-corrected chi connectivity index (χ2v) is 7.32. The fourth-order valence-electron chi connectivity index (χ4n) is 5.09. The van der Waals surface area contributed by atoms with Gasteiger partial charge in [-0.05, 0) is 36.0 Å². The van der Waals surface area contributed by atoms with Gasteiger partial charge in [-0.3, -0.25) is 4.79 Å². The summed E-state index contributed by atoms with van der Waals surface area (Å²) < 4.78 is 0. The third-order valence-electron chi connectivity index (χ3n) is 6.07. The van der Waals surface area contributed by atoms with Gasteiger partial charge in [0.1, 0.15) is 5.78 Å². The van der Waals surface area contributed by atoms with Crippen molar-refractivity contribution in [1.82, 2.24) is 0 Å². The van der Waals surface area contributed by atoms with Gasteiger partial charge in [0.05, 0.1) is 0 Å². The zero-order valence-electron chi connectivity index (χ0n) is 12.2. The number of ketones is 1. The quantitative estimate of drug-likeness (QED) is 0.657. The highest BCUT2D eigenvalue weighted by molar-refractivity contribution is 5.86. The van der Waals surface area contributed by atoms with Crippen LogP contribution in [0.2, 0.25) is 0 Å². The molecule has 2 aliphatic rings. The first-order chi connectivity index (χ1) is 7.84. The third-order valence-corrected chi connectivity index (χ3v) is 6.07. The van der Waals surface area contributed by atoms with E-state index in [4.69, 9.17) is 0 Å². The summed E-state index contributed by atoms with van der Waals surface area (Å²) in [5.74, 6) is 2.49. The van der Waals surface area contributed by atoms with Crippen molar-refractivity contribution in [1.29, 1.82) is 0 Å². The van der Waals surface area contributed by atoms with E-state index in [2.05, 4.69) is 34.6 Å². The predicted molar refractivity (Wildman–Crippen MR) is 71.8 cm³/mol. The average molecular weight is 236 g/mol. The van der Waals surface area contributed by atoms with Crippen molar-refractivity contribution in [2.24, 2.45) is 28.6 Å². The Morgan fingerprint density at radius 3 is 2.47 bits per heavy atom. The molecule has 0 amide bonds. The number of hydrogen-bond donors (Lipinski definition) is 0. The molecule has 0 N–H and O–H groups in total. The van der Waals surface area contributed by atoms with E-state index in [9.17, 15) is 4.79 Å². The van der Waals surface area contributed by atoms with Gasteiger partial charge in [0.15, 0.2) is 0 Å². The molecule has 0 saturated heterocycles. The maximum absolute atomic E-state index is 12.6. The molecule has 4 atom stereocenters. The summed E-state index contributed by atoms with van der Waals surface area (Å²) in [6.07, 6.45) is 5.64. The highest BCUT2D eigenvalue weighted by atomic mass is 16.1. The summed E-state index contributed by atoms with van der Waals surface area (Å²) in [6.45, 7) is 11.7. The Morgan fingerprint density at radius 2 is 1.88 bits per heavy atom. The summed E-state index contributed by atoms with van der Waals surface area (Å²) in [6, 6.07) is 0. The number of carbonyl (C=O) groups excluding carboxylic acids is 1. The monoisotopic (exact) mass is 236 g/mol. The van der Waals surface area contributed by atoms with Gasteiger partial charge < -0.3 is 0 Å². The van der Waals surface area contributed by atoms with E-state index < -0.39 is 0 Å². The van der Waals surface area contributed by atoms with E-state index in [-0.39, 0.29) is 5.41 Å². The van der Waals surface area contributed by atoms with E-state index >= 15 is 0 Å². The minimum absolute atomic E-state index is 0.0336. The van der Waals surface area contributed by atoms with Gasteiger partial charge >= 0.3 is 0 Å². The van der Waals surface area contributed by atoms with Crippen LogP contribution in [0.4, 0.5) is 0 Å². The topological polar surface area (TPSA) is 17.1 Å². The molecule has 0 aromatic heterocycles. The molecule has 2 saturated carbocycles. The van der Waals surface area contributed by atoms with Crippen molar-refractivity contribution in [2.75, 3.05) is 0 Å². The molecule has 0 radical (unpaired) electrons. The molecular formula is C16H28O. The van der Waals surface area contributed by atoms with Crippen molar-refractivity contribution < 1.29 is 4.79 Å². The summed E-state index contributed by atoms with van der Waals surface area (Å²) >= 11 is 0. The van der Waals surface area contributed by atoms with Crippen molar-refractivity contribution in [3.05, 3.63) is 0 Å². The Morgan fingerprint density at radius 1 is 1.24 bits per heavy atom. The minimum Gasteiger partial charge on any atom is -0.299 e. The molecule has 17 heavy (non-hydrogen) atoms. The first-order valence-corrected chi connectivity index (χ1v) is 7.37. The van der Waals surface area contributed by atoms with Crippen LogP contribution >= 0.6 is 0 Å². The van der Waals surface area contributed by atoms with Crippen LogP contribution in [-0.2, 0) is 4.79 Å². The summed E-state index contributed by atoms with van der Waals surface area (Å²) in [4.78, 5) is 12.6. The molecule has 0 spiro atoms. The van der Waals surface area contributed by atoms with Gasteiger partial charge in [0.2, 0.25) is 0 Å². The molecule has 0 bridgehead atoms. The summed E-state index contributed by atoms with van der Waals surface area (Å²) in [5, 5.41) is 0. The molecule has 1 heteroatoms. The number of carbonyl (C=O) groups is 1. The van der Waals surface area contributed by atoms with Crippen LogP contribution in [0.3, 0.4) is 0 Å². The lowest BCUT2D eigenvalue weighted by atomic mass is 9.46. The largest absolute Gasteiger partial charge is 0.299 e. The van der Waals surface area contributed by atoms with E-state index in [0.717, 1.165) is 25.2 Å². The molecule has 1 nitrogen and oxygen atoms in total. The highest BCUT2D eigenvalue weighted by Gasteiger charge is 2.57. The average Bonchev–Trinajstić information content (AvgIpc) is 2.24. The number of hydrogen-bond acceptors (Lipinski definition) is 1. The zero-order valence-corrected chi connectivity index (χ0v) is 12.2. The van der Waals surface area contributed by atoms with E-state index in [1.54, 1.807) is 0 Å². The number of rotatable bonds is 1. The molecule has 2 fully saturated rings. The van der Waals surface area contributed by atoms with E-state index in [0.29, 0.717) is 23.0 Å². The lowest BCUT2D eigenvalue weighted by molar-refractivity contribution is -0.156. The minimum atomic E-state index is -0.0336. The number of Topliss-reactive ketones (excluding diaryl/α,β-unsaturated/α-hetero) is 1. The van der Waals surface area contributed by atoms with Crippen LogP contribution in [-0.4, -0.2) is 5.78 Å². The Bertz CT molecular complexity index is 317. The molecule has 2 aliphatic carbocycles. The van der Waals surface area contributed by atoms with Crippen molar-refractivity contribution in [3.63, 3.8) is 0 Å². The van der Waals surface area contributed by atoms with Gasteiger partial charge in [-0.15, -0.1) is 0 Å². The van der Waals surface area contributed by atoms with E-state index in [1.165, 1.54) is 12.8 Å². The summed E-state index contributed by atoms with van der Waals surface area (Å²) in [7, 11) is 0. The fraction of sp³-hybridized carbons (Fsp3) is 0.938. The maximum Gasteiger partial charge on any atom is 0.139 e. The van der Waals surface area contributed by atoms with Gasteiger partial charge in [-0.1, -0.05) is 47.5 Å². The lowest BCUT2D eigenvalue weighted by Crippen LogP contribution is -2.55. The molecule has 0 heterocycles. The van der Waals surface area contributed by atoms with Crippen LogP contribution in [0, 0.1) is 28.6 Å². The molecular weight excluding hydrogens is 208 g/mol. The zero-order chi connectivity index (χ0) is 12.8. The van der Waals surface area contributed by atoms with Gasteiger partial charge in [0, 0.05) is 11.8 Å². The Labute approximate surface area is 106 Å². The predicted octanol–water partition coefficient (Wildman–Crippen LogP) is 4.45. The second kappa shape index (κ2) is 4.10. The van der Waals surface area contributed by atoms with Crippen LogP contribution in [0.5, 0.6) is 0 Å². The Balaban J connectivity index is 2.42. The molecule has 2 rings (SSSR count). The van der Waals surface area contributed by atoms with Gasteiger partial charge in [-0.25, -0.2) is 0 Å². The van der Waals surface area contributed by atoms with Crippen LogP contribution < -0.4 is 0 Å². The smallest absolute Gasteiger partial charge is 0.139 e. The molecule has 0 aromatic carbocycles. The molecule has 0 aromatic rings. The van der Waals surface area contributed by atoms with E-state index in [1.807, 2.05) is 0 Å². The number of fused-ring (bicyclic) bond motifs is 1. The van der Waals surface area contributed by atoms with Crippen molar-refractivity contribution in [3.8, 4) is 0 Å². The van der Waals surface area contributed by atoms with Crippen LogP contribution in [0.1, 0.15) is 66.7 Å². The SMILES string of the molecule is CC[C@H]1[C@@H](C)CC[C@H]2C(C)(C)CCC(=O)[C@]12C. The van der Waals surface area contributed by atoms with Gasteiger partial charge in [0.25, 0.3) is 0 Å². The molecule has 98 valence electrons. The van der Waals surface area contributed by atoms with Crippen molar-refractivity contribution in [2.45, 2.75) is 66.7 Å². The lowest BCUT2D eigenvalue weighted by Gasteiger charge is -2.57. The van der Waals surface area contributed by atoms with Crippen LogP contribution in [0.25, 0.3) is 0 Å². The summed E-state index contributed by atoms with van der Waals surface area (Å²) in [5.41, 5.74) is 0.324. The normalized spacial score (nSPS) is 45.5. The molecule has 0 unspecified atom stereocenters. The first kappa shape index (κ1) is 13.1. The van der Waals surface area contributed by atoms with Gasteiger partial charge in [-0.2, -0.15) is 0 Å². The first-order valence-electron chi connectivity index (χ1n) is 7.37. The van der Waals surface area contributed by atoms with Crippen molar-refractivity contribution >= 4 is 5.78 Å².